The van der Waals surface area contributed by atoms with Gasteiger partial charge in [-0.2, -0.15) is 0 Å². The van der Waals surface area contributed by atoms with Crippen molar-refractivity contribution in [2.75, 3.05) is 35.2 Å². The third-order valence-electron chi connectivity index (χ3n) is 7.38. The Kier molecular flexibility index (Phi) is 13.4. The average molecular weight is 627 g/mol. The van der Waals surface area contributed by atoms with Crippen LogP contribution >= 0.6 is 23.5 Å². The van der Waals surface area contributed by atoms with E-state index in [1.807, 2.05) is 32.9 Å². The van der Waals surface area contributed by atoms with Crippen molar-refractivity contribution in [1.82, 2.24) is 29.1 Å². The summed E-state index contributed by atoms with van der Waals surface area (Å²) in [5.41, 5.74) is 2.25. The molecule has 0 spiro atoms. The minimum atomic E-state index is -0.208. The summed E-state index contributed by atoms with van der Waals surface area (Å²) < 4.78 is 3.15. The molecular formula is C31H46N8O2S2. The van der Waals surface area contributed by atoms with Gasteiger partial charge in [-0.15, -0.1) is 0 Å². The van der Waals surface area contributed by atoms with Crippen LogP contribution in [0.4, 0.5) is 11.6 Å². The van der Waals surface area contributed by atoms with Gasteiger partial charge in [0.15, 0.2) is 10.3 Å². The molecule has 43 heavy (non-hydrogen) atoms. The maximum Gasteiger partial charge on any atom is 0.331 e. The summed E-state index contributed by atoms with van der Waals surface area (Å²) in [6.07, 6.45) is 10.1. The lowest BCUT2D eigenvalue weighted by Gasteiger charge is -2.13. The molecule has 0 saturated heterocycles. The maximum atomic E-state index is 13.2. The second-order valence-corrected chi connectivity index (χ2v) is 13.3. The van der Waals surface area contributed by atoms with Crippen LogP contribution in [0, 0.1) is 20.8 Å². The molecule has 1 aliphatic rings. The Morgan fingerprint density at radius 2 is 1.09 bits per heavy atom. The van der Waals surface area contributed by atoms with Crippen molar-refractivity contribution in [1.29, 1.82) is 0 Å². The first-order valence-electron chi connectivity index (χ1n) is 15.6. The number of hydrogen-bond donors (Lipinski definition) is 2. The van der Waals surface area contributed by atoms with Crippen LogP contribution in [0.3, 0.4) is 0 Å². The van der Waals surface area contributed by atoms with Crippen molar-refractivity contribution in [2.45, 2.75) is 108 Å². The van der Waals surface area contributed by atoms with Gasteiger partial charge in [-0.05, 0) is 59.3 Å². The van der Waals surface area contributed by atoms with E-state index in [1.54, 1.807) is 34.2 Å². The predicted molar refractivity (Wildman–Crippen MR) is 178 cm³/mol. The molecule has 1 aliphatic heterocycles. The summed E-state index contributed by atoms with van der Waals surface area (Å²) in [6, 6.07) is 5.59. The van der Waals surface area contributed by atoms with Crippen molar-refractivity contribution in [2.24, 2.45) is 0 Å². The molecular weight excluding hydrogens is 581 g/mol. The molecule has 0 atom stereocenters. The molecule has 2 N–H and O–H groups in total. The van der Waals surface area contributed by atoms with Gasteiger partial charge in [-0.3, -0.25) is 13.9 Å². The predicted octanol–water partition coefficient (Wildman–Crippen LogP) is 5.84. The van der Waals surface area contributed by atoms with Crippen LogP contribution in [0.25, 0.3) is 0 Å². The smallest absolute Gasteiger partial charge is 0.331 e. The summed E-state index contributed by atoms with van der Waals surface area (Å²) >= 11 is 3.34. The molecule has 3 aromatic rings. The first-order valence-corrected chi connectivity index (χ1v) is 17.6. The van der Waals surface area contributed by atoms with Crippen LogP contribution in [-0.4, -0.2) is 53.7 Å². The number of anilines is 2. The molecule has 10 nitrogen and oxygen atoms in total. The van der Waals surface area contributed by atoms with E-state index in [9.17, 15) is 9.59 Å². The zero-order chi connectivity index (χ0) is 30.4. The highest BCUT2D eigenvalue weighted by atomic mass is 32.2. The summed E-state index contributed by atoms with van der Waals surface area (Å²) in [6.45, 7) is 8.71. The molecule has 234 valence electrons. The van der Waals surface area contributed by atoms with Gasteiger partial charge in [0.1, 0.15) is 11.6 Å². The number of aromatic nitrogens is 6. The highest BCUT2D eigenvalue weighted by Gasteiger charge is 2.10. The fraction of sp³-hybridized carbons (Fsp3) is 0.613. The third-order valence-corrected chi connectivity index (χ3v) is 9.25. The molecule has 3 aromatic heterocycles. The van der Waals surface area contributed by atoms with Gasteiger partial charge in [0.2, 0.25) is 0 Å². The average Bonchev–Trinajstić information content (AvgIpc) is 2.95. The maximum absolute atomic E-state index is 13.2. The normalized spacial score (nSPS) is 17.0. The van der Waals surface area contributed by atoms with Crippen LogP contribution < -0.4 is 21.9 Å². The Morgan fingerprint density at radius 3 is 1.63 bits per heavy atom. The summed E-state index contributed by atoms with van der Waals surface area (Å²) in [5, 5.41) is 8.53. The molecule has 12 heteroatoms. The number of hydrogen-bond acceptors (Lipinski definition) is 10. The lowest BCUT2D eigenvalue weighted by atomic mass is 10.2. The fourth-order valence-electron chi connectivity index (χ4n) is 5.06. The van der Waals surface area contributed by atoms with Crippen LogP contribution in [0.1, 0.15) is 81.3 Å². The van der Waals surface area contributed by atoms with E-state index >= 15 is 0 Å². The van der Waals surface area contributed by atoms with E-state index in [2.05, 4.69) is 20.6 Å². The highest BCUT2D eigenvalue weighted by molar-refractivity contribution is 7.99. The molecule has 0 unspecified atom stereocenters. The number of nitrogens with zero attached hydrogens (tertiary/aromatic N) is 6. The number of thioether (sulfide) groups is 2. The summed E-state index contributed by atoms with van der Waals surface area (Å²) in [5.74, 6) is 3.59. The van der Waals surface area contributed by atoms with Crippen molar-refractivity contribution in [3.05, 3.63) is 56.1 Å². The Bertz CT molecular complexity index is 1440. The topological polar surface area (TPSA) is 120 Å². The Balaban J connectivity index is 1.39. The SMILES string of the molecule is Cc1cc2nc(n1)SCCCCCn1c(C)cc(=O)n(c1=O)CCCCCSc1nc(C)cc(n1)NCCCCCCN2. The fourth-order valence-corrected chi connectivity index (χ4v) is 6.86. The van der Waals surface area contributed by atoms with E-state index < -0.39 is 0 Å². The van der Waals surface area contributed by atoms with Crippen LogP contribution in [0.2, 0.25) is 0 Å². The number of nitrogens with one attached hydrogen (secondary N) is 2. The van der Waals surface area contributed by atoms with Crippen LogP contribution in [0.15, 0.2) is 38.1 Å². The molecule has 4 heterocycles. The van der Waals surface area contributed by atoms with Crippen molar-refractivity contribution < 1.29 is 0 Å². The van der Waals surface area contributed by atoms with Gasteiger partial charge >= 0.3 is 5.69 Å². The number of rotatable bonds is 0. The van der Waals surface area contributed by atoms with E-state index in [4.69, 9.17) is 9.97 Å². The first-order chi connectivity index (χ1) is 20.9. The standard InChI is InChI=1S/C31H46N8O2S2/c1-23-20-26-32-14-8-4-5-9-15-33-27-21-24(2)35-30(37-27)43-19-13-7-11-17-39-28(40)22-25(3)38(31(39)41)16-10-6-12-18-42-29(34-23)36-26/h20-22H,4-19H2,1-3H3,(H,32,34,36)(H,33,35,37). The minimum absolute atomic E-state index is 0.195. The van der Waals surface area contributed by atoms with Gasteiger partial charge in [-0.1, -0.05) is 49.2 Å². The number of aryl methyl sites for hydroxylation is 3. The zero-order valence-corrected chi connectivity index (χ0v) is 27.5. The molecule has 0 fully saturated rings. The molecule has 0 radical (unpaired) electrons. The van der Waals surface area contributed by atoms with Gasteiger partial charge in [0.25, 0.3) is 5.56 Å². The van der Waals surface area contributed by atoms with Crippen molar-refractivity contribution >= 4 is 35.2 Å². The highest BCUT2D eigenvalue weighted by Crippen LogP contribution is 2.20. The summed E-state index contributed by atoms with van der Waals surface area (Å²) in [7, 11) is 0. The van der Waals surface area contributed by atoms with E-state index in [1.165, 1.54) is 4.57 Å². The van der Waals surface area contributed by atoms with Crippen LogP contribution in [0.5, 0.6) is 0 Å². The number of fused-ring (bicyclic) bond motifs is 6. The van der Waals surface area contributed by atoms with Gasteiger partial charge in [0, 0.05) is 73.0 Å². The molecule has 0 amide bonds. The van der Waals surface area contributed by atoms with Gasteiger partial charge < -0.3 is 10.6 Å². The Hall–Kier alpha value is -2.86. The monoisotopic (exact) mass is 626 g/mol. The van der Waals surface area contributed by atoms with Crippen molar-refractivity contribution in [3.63, 3.8) is 0 Å². The zero-order valence-electron chi connectivity index (χ0n) is 25.9. The summed E-state index contributed by atoms with van der Waals surface area (Å²) in [4.78, 5) is 44.4. The Labute approximate surface area is 263 Å². The third kappa shape index (κ3) is 11.0. The molecule has 4 rings (SSSR count). The second-order valence-electron chi connectivity index (χ2n) is 11.2. The molecule has 0 saturated carbocycles. The molecule has 0 aromatic carbocycles. The van der Waals surface area contributed by atoms with E-state index in [-0.39, 0.29) is 11.2 Å². The van der Waals surface area contributed by atoms with E-state index in [0.29, 0.717) is 13.1 Å². The lowest BCUT2D eigenvalue weighted by Crippen LogP contribution is -2.40. The molecule has 0 aliphatic carbocycles. The Morgan fingerprint density at radius 1 is 0.605 bits per heavy atom. The lowest BCUT2D eigenvalue weighted by molar-refractivity contribution is 0.497. The second kappa shape index (κ2) is 17.4. The minimum Gasteiger partial charge on any atom is -0.370 e. The van der Waals surface area contributed by atoms with Gasteiger partial charge in [-0.25, -0.2) is 24.7 Å². The van der Waals surface area contributed by atoms with Crippen LogP contribution in [-0.2, 0) is 13.1 Å². The largest absolute Gasteiger partial charge is 0.370 e. The van der Waals surface area contributed by atoms with Gasteiger partial charge in [0.05, 0.1) is 0 Å². The quantitative estimate of drug-likeness (QED) is 0.295. The molecule has 6 bridgehead atoms. The van der Waals surface area contributed by atoms with E-state index in [0.717, 1.165) is 128 Å². The van der Waals surface area contributed by atoms with Crippen molar-refractivity contribution in [3.8, 4) is 0 Å². The first kappa shape index (κ1) is 33.0.